The summed E-state index contributed by atoms with van der Waals surface area (Å²) in [6.07, 6.45) is 2.64. The van der Waals surface area contributed by atoms with Crippen molar-refractivity contribution in [1.29, 1.82) is 0 Å². The van der Waals surface area contributed by atoms with Crippen molar-refractivity contribution in [1.82, 2.24) is 10.3 Å². The maximum absolute atomic E-state index is 12.1. The molecule has 4 nitrogen and oxygen atoms in total. The lowest BCUT2D eigenvalue weighted by Gasteiger charge is -2.13. The predicted molar refractivity (Wildman–Crippen MR) is 83.7 cm³/mol. The summed E-state index contributed by atoms with van der Waals surface area (Å²) in [6.45, 7) is 2.64. The Bertz CT molecular complexity index is 592. The lowest BCUT2D eigenvalue weighted by molar-refractivity contribution is 0.0954. The molecule has 1 heterocycles. The van der Waals surface area contributed by atoms with Gasteiger partial charge in [0.15, 0.2) is 0 Å². The molecule has 5 heteroatoms. The van der Waals surface area contributed by atoms with Crippen molar-refractivity contribution in [2.75, 3.05) is 25.5 Å². The van der Waals surface area contributed by atoms with E-state index in [9.17, 15) is 4.79 Å². The topological polar surface area (TPSA) is 45.2 Å². The molecule has 20 heavy (non-hydrogen) atoms. The van der Waals surface area contributed by atoms with Gasteiger partial charge in [-0.1, -0.05) is 6.07 Å². The van der Waals surface area contributed by atoms with Crippen molar-refractivity contribution in [3.63, 3.8) is 0 Å². The number of hydrogen-bond donors (Lipinski definition) is 1. The fourth-order valence-electron chi connectivity index (χ4n) is 1.83. The summed E-state index contributed by atoms with van der Waals surface area (Å²) in [5.41, 5.74) is 1.71. The number of aryl methyl sites for hydroxylation is 1. The van der Waals surface area contributed by atoms with E-state index < -0.39 is 0 Å². The molecule has 0 aliphatic heterocycles. The number of amides is 1. The maximum atomic E-state index is 12.1. The number of thiazole rings is 1. The molecule has 1 aromatic carbocycles. The van der Waals surface area contributed by atoms with E-state index in [0.29, 0.717) is 12.1 Å². The summed E-state index contributed by atoms with van der Waals surface area (Å²) in [5.74, 6) is -0.0398. The Balaban J connectivity index is 1.90. The minimum absolute atomic E-state index is 0.0398. The Labute approximate surface area is 123 Å². The molecule has 0 fully saturated rings. The first-order valence-electron chi connectivity index (χ1n) is 6.53. The number of aromatic nitrogens is 1. The van der Waals surface area contributed by atoms with E-state index in [-0.39, 0.29) is 5.91 Å². The number of anilines is 1. The van der Waals surface area contributed by atoms with Crippen LogP contribution in [0.5, 0.6) is 0 Å². The van der Waals surface area contributed by atoms with E-state index in [1.54, 1.807) is 11.3 Å². The average molecular weight is 289 g/mol. The molecule has 0 atom stereocenters. The second-order valence-electron chi connectivity index (χ2n) is 4.82. The molecule has 0 saturated heterocycles. The van der Waals surface area contributed by atoms with Crippen molar-refractivity contribution < 1.29 is 4.79 Å². The van der Waals surface area contributed by atoms with E-state index >= 15 is 0 Å². The molecule has 0 aliphatic carbocycles. The highest BCUT2D eigenvalue weighted by Gasteiger charge is 2.07. The molecule has 2 aromatic rings. The number of carbonyl (C=O) groups excluding carboxylic acids is 1. The Morgan fingerprint density at radius 1 is 1.40 bits per heavy atom. The summed E-state index contributed by atoms with van der Waals surface area (Å²) in [4.78, 5) is 19.5. The monoisotopic (exact) mass is 289 g/mol. The summed E-state index contributed by atoms with van der Waals surface area (Å²) in [6, 6.07) is 7.60. The molecular weight excluding hydrogens is 270 g/mol. The van der Waals surface area contributed by atoms with Crippen LogP contribution in [0.15, 0.2) is 30.5 Å². The molecule has 1 N–H and O–H groups in total. The van der Waals surface area contributed by atoms with Crippen LogP contribution in [-0.2, 0) is 6.42 Å². The Kier molecular flexibility index (Phi) is 4.74. The first kappa shape index (κ1) is 14.5. The van der Waals surface area contributed by atoms with Crippen molar-refractivity contribution in [3.8, 4) is 0 Å². The number of nitrogens with zero attached hydrogens (tertiary/aromatic N) is 2. The number of hydrogen-bond acceptors (Lipinski definition) is 4. The van der Waals surface area contributed by atoms with Gasteiger partial charge in [-0.2, -0.15) is 0 Å². The zero-order valence-electron chi connectivity index (χ0n) is 12.0. The van der Waals surface area contributed by atoms with Gasteiger partial charge >= 0.3 is 0 Å². The van der Waals surface area contributed by atoms with Crippen molar-refractivity contribution in [2.45, 2.75) is 13.3 Å². The van der Waals surface area contributed by atoms with E-state index in [2.05, 4.69) is 10.3 Å². The second kappa shape index (κ2) is 6.52. The van der Waals surface area contributed by atoms with Crippen LogP contribution >= 0.6 is 11.3 Å². The summed E-state index contributed by atoms with van der Waals surface area (Å²) >= 11 is 1.67. The molecule has 0 bridgehead atoms. The Hall–Kier alpha value is -1.88. The first-order valence-corrected chi connectivity index (χ1v) is 7.35. The molecule has 0 radical (unpaired) electrons. The van der Waals surface area contributed by atoms with Crippen LogP contribution in [0.2, 0.25) is 0 Å². The van der Waals surface area contributed by atoms with Crippen LogP contribution in [0, 0.1) is 6.92 Å². The van der Waals surface area contributed by atoms with Gasteiger partial charge in [0.05, 0.1) is 5.01 Å². The lowest BCUT2D eigenvalue weighted by atomic mass is 10.2. The van der Waals surface area contributed by atoms with Gasteiger partial charge in [0.1, 0.15) is 0 Å². The predicted octanol–water partition coefficient (Wildman–Crippen LogP) is 2.49. The molecular formula is C15H19N3OS. The number of nitrogens with one attached hydrogen (secondary N) is 1. The van der Waals surface area contributed by atoms with E-state index in [4.69, 9.17) is 0 Å². The minimum Gasteiger partial charge on any atom is -0.378 e. The zero-order chi connectivity index (χ0) is 14.5. The van der Waals surface area contributed by atoms with Crippen molar-refractivity contribution in [2.24, 2.45) is 0 Å². The van der Waals surface area contributed by atoms with Crippen molar-refractivity contribution >= 4 is 22.9 Å². The van der Waals surface area contributed by atoms with Crippen LogP contribution in [0.4, 0.5) is 5.69 Å². The highest BCUT2D eigenvalue weighted by molar-refractivity contribution is 7.11. The summed E-state index contributed by atoms with van der Waals surface area (Å²) in [5, 5.41) is 3.99. The van der Waals surface area contributed by atoms with Crippen molar-refractivity contribution in [3.05, 3.63) is 45.9 Å². The number of carbonyl (C=O) groups is 1. The Morgan fingerprint density at radius 2 is 2.20 bits per heavy atom. The van der Waals surface area contributed by atoms with Crippen LogP contribution in [0.25, 0.3) is 0 Å². The maximum Gasteiger partial charge on any atom is 0.251 e. The fourth-order valence-corrected chi connectivity index (χ4v) is 2.61. The largest absolute Gasteiger partial charge is 0.378 e. The van der Waals surface area contributed by atoms with Gasteiger partial charge in [0, 0.05) is 49.4 Å². The quantitative estimate of drug-likeness (QED) is 0.920. The lowest BCUT2D eigenvalue weighted by Crippen LogP contribution is -2.25. The molecule has 0 aliphatic rings. The van der Waals surface area contributed by atoms with Gasteiger partial charge in [0.2, 0.25) is 0 Å². The van der Waals surface area contributed by atoms with Crippen LogP contribution in [0.1, 0.15) is 20.2 Å². The van der Waals surface area contributed by atoms with Crippen LogP contribution in [0.3, 0.4) is 0 Å². The molecule has 2 rings (SSSR count). The highest BCUT2D eigenvalue weighted by atomic mass is 32.1. The van der Waals surface area contributed by atoms with Crippen LogP contribution < -0.4 is 10.2 Å². The van der Waals surface area contributed by atoms with E-state index in [0.717, 1.165) is 17.1 Å². The van der Waals surface area contributed by atoms with Crippen LogP contribution in [-0.4, -0.2) is 31.5 Å². The number of rotatable bonds is 5. The van der Waals surface area contributed by atoms with Gasteiger partial charge in [-0.25, -0.2) is 4.98 Å². The molecule has 0 unspecified atom stereocenters. The molecule has 0 spiro atoms. The normalized spacial score (nSPS) is 10.3. The highest BCUT2D eigenvalue weighted by Crippen LogP contribution is 2.14. The van der Waals surface area contributed by atoms with Gasteiger partial charge < -0.3 is 10.2 Å². The fraction of sp³-hybridized carbons (Fsp3) is 0.333. The van der Waals surface area contributed by atoms with E-state index in [1.807, 2.05) is 56.4 Å². The van der Waals surface area contributed by atoms with Gasteiger partial charge in [0.25, 0.3) is 5.91 Å². The first-order chi connectivity index (χ1) is 9.56. The third-order valence-electron chi connectivity index (χ3n) is 2.92. The minimum atomic E-state index is -0.0398. The van der Waals surface area contributed by atoms with Gasteiger partial charge in [-0.15, -0.1) is 11.3 Å². The SMILES string of the molecule is Cc1cnc(CCNC(=O)c2cccc(N(C)C)c2)s1. The smallest absolute Gasteiger partial charge is 0.251 e. The van der Waals surface area contributed by atoms with Gasteiger partial charge in [-0.05, 0) is 25.1 Å². The standard InChI is InChI=1S/C15H19N3OS/c1-11-10-17-14(20-11)7-8-16-15(19)12-5-4-6-13(9-12)18(2)3/h4-6,9-10H,7-8H2,1-3H3,(H,16,19). The van der Waals surface area contributed by atoms with E-state index in [1.165, 1.54) is 4.88 Å². The molecule has 106 valence electrons. The third-order valence-corrected chi connectivity index (χ3v) is 3.89. The summed E-state index contributed by atoms with van der Waals surface area (Å²) in [7, 11) is 3.92. The zero-order valence-corrected chi connectivity index (χ0v) is 12.8. The molecule has 1 aromatic heterocycles. The second-order valence-corrected chi connectivity index (χ2v) is 6.13. The molecule has 1 amide bonds. The summed E-state index contributed by atoms with van der Waals surface area (Å²) < 4.78 is 0. The molecule has 0 saturated carbocycles. The Morgan fingerprint density at radius 3 is 2.85 bits per heavy atom. The third kappa shape index (κ3) is 3.81. The average Bonchev–Trinajstić information content (AvgIpc) is 2.84. The van der Waals surface area contributed by atoms with Gasteiger partial charge in [-0.3, -0.25) is 4.79 Å². The number of benzene rings is 1.